The summed E-state index contributed by atoms with van der Waals surface area (Å²) >= 11 is 1.66. The lowest BCUT2D eigenvalue weighted by Gasteiger charge is -2.38. The minimum absolute atomic E-state index is 0.0754. The number of piperidine rings is 1. The molecule has 2 saturated heterocycles. The maximum atomic E-state index is 13.2. The van der Waals surface area contributed by atoms with Crippen LogP contribution in [0.1, 0.15) is 44.6 Å². The Morgan fingerprint density at radius 1 is 1.10 bits per heavy atom. The fourth-order valence-corrected chi connectivity index (χ4v) is 6.00. The van der Waals surface area contributed by atoms with Crippen LogP contribution < -0.4 is 4.90 Å². The Bertz CT molecular complexity index is 1140. The Balaban J connectivity index is 1.38. The number of benzene rings is 2. The van der Waals surface area contributed by atoms with Crippen molar-refractivity contribution in [1.29, 1.82) is 0 Å². The summed E-state index contributed by atoms with van der Waals surface area (Å²) in [4.78, 5) is 34.4. The third-order valence-corrected chi connectivity index (χ3v) is 7.65. The standard InChI is InChI=1S/C25H27N3O2S/c1-3-18-6-4-5-13-27(18)21-15-23(29)28(25(21)30)19-10-8-17(9-11-19)24-26-20-12-7-16(2)14-22(20)31-24/h7-12,14,18,21H,3-6,13,15H2,1-2H3/t18-,21+/m1/s1. The maximum Gasteiger partial charge on any atom is 0.251 e. The van der Waals surface area contributed by atoms with Crippen LogP contribution in [0, 0.1) is 6.92 Å². The highest BCUT2D eigenvalue weighted by molar-refractivity contribution is 7.21. The van der Waals surface area contributed by atoms with Crippen LogP contribution in [0.5, 0.6) is 0 Å². The van der Waals surface area contributed by atoms with Crippen LogP contribution in [0.4, 0.5) is 5.69 Å². The normalized spacial score (nSPS) is 22.6. The first-order valence-corrected chi connectivity index (χ1v) is 12.0. The lowest BCUT2D eigenvalue weighted by Crippen LogP contribution is -2.49. The molecule has 0 saturated carbocycles. The van der Waals surface area contributed by atoms with E-state index in [1.54, 1.807) is 11.3 Å². The van der Waals surface area contributed by atoms with Crippen LogP contribution in [0.15, 0.2) is 42.5 Å². The highest BCUT2D eigenvalue weighted by Crippen LogP contribution is 2.34. The van der Waals surface area contributed by atoms with Gasteiger partial charge < -0.3 is 0 Å². The highest BCUT2D eigenvalue weighted by Gasteiger charge is 2.44. The summed E-state index contributed by atoms with van der Waals surface area (Å²) in [6.07, 6.45) is 4.73. The molecule has 2 amide bonds. The van der Waals surface area contributed by atoms with Gasteiger partial charge in [0.05, 0.1) is 28.4 Å². The van der Waals surface area contributed by atoms with Gasteiger partial charge in [-0.05, 0) is 74.7 Å². The molecule has 0 N–H and O–H groups in total. The Kier molecular flexibility index (Phi) is 5.36. The Morgan fingerprint density at radius 2 is 1.90 bits per heavy atom. The van der Waals surface area contributed by atoms with Crippen LogP contribution in [0.3, 0.4) is 0 Å². The third kappa shape index (κ3) is 3.68. The number of imide groups is 1. The molecular formula is C25H27N3O2S. The number of carbonyl (C=O) groups excluding carboxylic acids is 2. The van der Waals surface area contributed by atoms with Crippen molar-refractivity contribution in [2.24, 2.45) is 0 Å². The average molecular weight is 434 g/mol. The zero-order valence-electron chi connectivity index (χ0n) is 18.0. The molecule has 5 rings (SSSR count). The first-order chi connectivity index (χ1) is 15.0. The second kappa shape index (κ2) is 8.17. The van der Waals surface area contributed by atoms with Gasteiger partial charge in [0.25, 0.3) is 5.91 Å². The van der Waals surface area contributed by atoms with Crippen molar-refractivity contribution >= 4 is 39.1 Å². The van der Waals surface area contributed by atoms with E-state index in [0.29, 0.717) is 11.7 Å². The number of fused-ring (bicyclic) bond motifs is 1. The molecule has 0 aliphatic carbocycles. The van der Waals surface area contributed by atoms with E-state index in [-0.39, 0.29) is 24.3 Å². The van der Waals surface area contributed by atoms with Gasteiger partial charge in [0.15, 0.2) is 0 Å². The van der Waals surface area contributed by atoms with Crippen molar-refractivity contribution in [3.63, 3.8) is 0 Å². The van der Waals surface area contributed by atoms with E-state index in [0.717, 1.165) is 41.9 Å². The number of hydrogen-bond acceptors (Lipinski definition) is 5. The zero-order valence-corrected chi connectivity index (χ0v) is 18.8. The molecule has 5 nitrogen and oxygen atoms in total. The lowest BCUT2D eigenvalue weighted by molar-refractivity contribution is -0.123. The van der Waals surface area contributed by atoms with Crippen molar-refractivity contribution in [1.82, 2.24) is 9.88 Å². The van der Waals surface area contributed by atoms with Gasteiger partial charge in [0.2, 0.25) is 5.91 Å². The summed E-state index contributed by atoms with van der Waals surface area (Å²) in [5.74, 6) is -0.174. The topological polar surface area (TPSA) is 53.5 Å². The fraction of sp³-hybridized carbons (Fsp3) is 0.400. The summed E-state index contributed by atoms with van der Waals surface area (Å²) in [5.41, 5.74) is 3.87. The number of anilines is 1. The Hall–Kier alpha value is -2.57. The summed E-state index contributed by atoms with van der Waals surface area (Å²) in [5, 5.41) is 0.947. The molecule has 31 heavy (non-hydrogen) atoms. The predicted octanol–water partition coefficient (Wildman–Crippen LogP) is 5.17. The number of amides is 2. The quantitative estimate of drug-likeness (QED) is 0.533. The summed E-state index contributed by atoms with van der Waals surface area (Å²) in [6.45, 7) is 5.16. The van der Waals surface area contributed by atoms with Crippen LogP contribution >= 0.6 is 11.3 Å². The molecule has 6 heteroatoms. The number of hydrogen-bond donors (Lipinski definition) is 0. The zero-order chi connectivity index (χ0) is 21.5. The van der Waals surface area contributed by atoms with Gasteiger partial charge in [0.1, 0.15) is 5.01 Å². The first-order valence-electron chi connectivity index (χ1n) is 11.2. The van der Waals surface area contributed by atoms with Gasteiger partial charge in [0, 0.05) is 11.6 Å². The molecule has 0 unspecified atom stereocenters. The van der Waals surface area contributed by atoms with Gasteiger partial charge in [-0.2, -0.15) is 0 Å². The number of carbonyl (C=O) groups is 2. The highest BCUT2D eigenvalue weighted by atomic mass is 32.1. The molecule has 160 valence electrons. The van der Waals surface area contributed by atoms with Crippen LogP contribution in [0.25, 0.3) is 20.8 Å². The molecule has 2 atom stereocenters. The van der Waals surface area contributed by atoms with Gasteiger partial charge in [-0.15, -0.1) is 11.3 Å². The molecule has 0 spiro atoms. The second-order valence-corrected chi connectivity index (χ2v) is 9.65. The number of thiazole rings is 1. The van der Waals surface area contributed by atoms with Gasteiger partial charge in [-0.1, -0.05) is 19.4 Å². The third-order valence-electron chi connectivity index (χ3n) is 6.58. The van der Waals surface area contributed by atoms with Crippen molar-refractivity contribution in [3.8, 4) is 10.6 Å². The molecule has 3 aromatic rings. The van der Waals surface area contributed by atoms with E-state index in [4.69, 9.17) is 4.98 Å². The first kappa shape index (κ1) is 20.3. The molecule has 0 bridgehead atoms. The van der Waals surface area contributed by atoms with E-state index in [2.05, 4.69) is 30.9 Å². The van der Waals surface area contributed by atoms with Crippen molar-refractivity contribution in [3.05, 3.63) is 48.0 Å². The lowest BCUT2D eigenvalue weighted by atomic mass is 9.97. The minimum Gasteiger partial charge on any atom is -0.289 e. The smallest absolute Gasteiger partial charge is 0.251 e. The van der Waals surface area contributed by atoms with E-state index in [1.165, 1.54) is 21.6 Å². The number of aromatic nitrogens is 1. The number of nitrogens with zero attached hydrogens (tertiary/aromatic N) is 3. The molecular weight excluding hydrogens is 406 g/mol. The number of likely N-dealkylation sites (tertiary alicyclic amines) is 1. The number of rotatable bonds is 4. The maximum absolute atomic E-state index is 13.2. The van der Waals surface area contributed by atoms with Crippen molar-refractivity contribution in [2.45, 2.75) is 58.0 Å². The Labute approximate surface area is 186 Å². The van der Waals surface area contributed by atoms with Crippen molar-refractivity contribution < 1.29 is 9.59 Å². The van der Waals surface area contributed by atoms with Gasteiger partial charge >= 0.3 is 0 Å². The molecule has 0 radical (unpaired) electrons. The van der Waals surface area contributed by atoms with E-state index < -0.39 is 0 Å². The van der Waals surface area contributed by atoms with E-state index >= 15 is 0 Å². The SMILES string of the molecule is CC[C@@H]1CCCCN1[C@H]1CC(=O)N(c2ccc(-c3nc4ccc(C)cc4s3)cc2)C1=O. The summed E-state index contributed by atoms with van der Waals surface area (Å²) < 4.78 is 1.17. The molecule has 2 fully saturated rings. The van der Waals surface area contributed by atoms with Crippen LogP contribution in [-0.4, -0.2) is 40.3 Å². The number of aryl methyl sites for hydroxylation is 1. The minimum atomic E-state index is -0.315. The largest absolute Gasteiger partial charge is 0.289 e. The van der Waals surface area contributed by atoms with E-state index in [9.17, 15) is 9.59 Å². The predicted molar refractivity (Wildman–Crippen MR) is 125 cm³/mol. The molecule has 1 aromatic heterocycles. The molecule has 2 aliphatic heterocycles. The average Bonchev–Trinajstić information content (AvgIpc) is 3.33. The summed E-state index contributed by atoms with van der Waals surface area (Å²) in [6, 6.07) is 14.0. The van der Waals surface area contributed by atoms with Gasteiger partial charge in [-0.25, -0.2) is 9.88 Å². The molecule has 2 aliphatic rings. The van der Waals surface area contributed by atoms with Crippen LogP contribution in [0.2, 0.25) is 0 Å². The summed E-state index contributed by atoms with van der Waals surface area (Å²) in [7, 11) is 0. The Morgan fingerprint density at radius 3 is 2.68 bits per heavy atom. The van der Waals surface area contributed by atoms with Crippen LogP contribution in [-0.2, 0) is 9.59 Å². The molecule has 3 heterocycles. The van der Waals surface area contributed by atoms with Gasteiger partial charge in [-0.3, -0.25) is 14.5 Å². The monoisotopic (exact) mass is 433 g/mol. The molecule has 2 aromatic carbocycles. The fourth-order valence-electron chi connectivity index (χ4n) is 4.93. The van der Waals surface area contributed by atoms with Crippen molar-refractivity contribution in [2.75, 3.05) is 11.4 Å². The second-order valence-electron chi connectivity index (χ2n) is 8.62. The van der Waals surface area contributed by atoms with E-state index in [1.807, 2.05) is 30.3 Å².